The summed E-state index contributed by atoms with van der Waals surface area (Å²) >= 11 is 0. The first kappa shape index (κ1) is 13.6. The molecule has 0 aliphatic rings. The number of rotatable bonds is 6. The number of nitrogens with two attached hydrogens (primary N) is 1. The van der Waals surface area contributed by atoms with E-state index >= 15 is 0 Å². The van der Waals surface area contributed by atoms with Crippen molar-refractivity contribution in [1.82, 2.24) is 5.32 Å². The Bertz CT molecular complexity index is 385. The molecule has 1 aromatic carbocycles. The zero-order chi connectivity index (χ0) is 12.8. The predicted molar refractivity (Wildman–Crippen MR) is 62.6 cm³/mol. The number of hydrogen-bond acceptors (Lipinski definition) is 3. The molecule has 5 heteroatoms. The average Bonchev–Trinajstić information content (AvgIpc) is 2.31. The highest BCUT2D eigenvalue weighted by Gasteiger charge is 2.16. The van der Waals surface area contributed by atoms with Gasteiger partial charge in [-0.3, -0.25) is 4.79 Å². The molecule has 2 unspecified atom stereocenters. The fourth-order valence-electron chi connectivity index (χ4n) is 1.59. The standard InChI is InChI=1S/C12H17FN2O2/c1-2-10(15-7-11(16)12(14)17)8-5-3-4-6-9(8)13/h3-6,10-11,15-16H,2,7H2,1H3,(H2,14,17). The van der Waals surface area contributed by atoms with Gasteiger partial charge in [0.15, 0.2) is 0 Å². The lowest BCUT2D eigenvalue weighted by Gasteiger charge is -2.19. The monoisotopic (exact) mass is 240 g/mol. The van der Waals surface area contributed by atoms with E-state index in [4.69, 9.17) is 5.73 Å². The first-order valence-electron chi connectivity index (χ1n) is 5.51. The number of hydrogen-bond donors (Lipinski definition) is 3. The lowest BCUT2D eigenvalue weighted by atomic mass is 10.0. The first-order valence-corrected chi connectivity index (χ1v) is 5.51. The molecule has 0 spiro atoms. The summed E-state index contributed by atoms with van der Waals surface area (Å²) in [6.45, 7) is 1.91. The van der Waals surface area contributed by atoms with Crippen LogP contribution < -0.4 is 11.1 Å². The Hall–Kier alpha value is -1.46. The van der Waals surface area contributed by atoms with Crippen molar-refractivity contribution in [2.24, 2.45) is 5.73 Å². The van der Waals surface area contributed by atoms with Crippen LogP contribution in [0.25, 0.3) is 0 Å². The number of carbonyl (C=O) groups is 1. The second-order valence-corrected chi connectivity index (χ2v) is 3.81. The quantitative estimate of drug-likeness (QED) is 0.685. The Morgan fingerprint density at radius 3 is 2.71 bits per heavy atom. The van der Waals surface area contributed by atoms with Crippen molar-refractivity contribution >= 4 is 5.91 Å². The highest BCUT2D eigenvalue weighted by molar-refractivity contribution is 5.78. The topological polar surface area (TPSA) is 75.3 Å². The molecule has 0 radical (unpaired) electrons. The first-order chi connectivity index (χ1) is 8.06. The maximum atomic E-state index is 13.5. The van der Waals surface area contributed by atoms with Crippen LogP contribution in [0.5, 0.6) is 0 Å². The number of primary amides is 1. The molecule has 1 amide bonds. The van der Waals surface area contributed by atoms with Gasteiger partial charge in [0.05, 0.1) is 0 Å². The minimum Gasteiger partial charge on any atom is -0.382 e. The van der Waals surface area contributed by atoms with Gasteiger partial charge in [-0.15, -0.1) is 0 Å². The molecule has 4 N–H and O–H groups in total. The third-order valence-electron chi connectivity index (χ3n) is 2.57. The van der Waals surface area contributed by atoms with Gasteiger partial charge in [0.1, 0.15) is 11.9 Å². The van der Waals surface area contributed by atoms with Crippen LogP contribution in [0.15, 0.2) is 24.3 Å². The summed E-state index contributed by atoms with van der Waals surface area (Å²) in [7, 11) is 0. The van der Waals surface area contributed by atoms with Gasteiger partial charge < -0.3 is 16.2 Å². The van der Waals surface area contributed by atoms with Crippen molar-refractivity contribution in [3.8, 4) is 0 Å². The lowest BCUT2D eigenvalue weighted by Crippen LogP contribution is -2.39. The number of aliphatic hydroxyl groups excluding tert-OH is 1. The molecule has 2 atom stereocenters. The summed E-state index contributed by atoms with van der Waals surface area (Å²) in [4.78, 5) is 10.7. The van der Waals surface area contributed by atoms with Gasteiger partial charge in [-0.05, 0) is 12.5 Å². The molecule has 17 heavy (non-hydrogen) atoms. The third-order valence-corrected chi connectivity index (χ3v) is 2.57. The molecule has 1 aromatic rings. The Labute approximate surface area is 99.6 Å². The van der Waals surface area contributed by atoms with E-state index in [9.17, 15) is 14.3 Å². The molecule has 94 valence electrons. The number of halogens is 1. The van der Waals surface area contributed by atoms with Gasteiger partial charge in [0.2, 0.25) is 5.91 Å². The summed E-state index contributed by atoms with van der Waals surface area (Å²) in [6, 6.07) is 6.17. The lowest BCUT2D eigenvalue weighted by molar-refractivity contribution is -0.125. The maximum absolute atomic E-state index is 13.5. The molecular weight excluding hydrogens is 223 g/mol. The van der Waals surface area contributed by atoms with Gasteiger partial charge in [-0.1, -0.05) is 25.1 Å². The van der Waals surface area contributed by atoms with Crippen molar-refractivity contribution in [1.29, 1.82) is 0 Å². The van der Waals surface area contributed by atoms with Crippen LogP contribution in [-0.4, -0.2) is 23.7 Å². The second kappa shape index (κ2) is 6.32. The summed E-state index contributed by atoms with van der Waals surface area (Å²) in [6.07, 6.45) is -0.609. The number of carbonyl (C=O) groups excluding carboxylic acids is 1. The average molecular weight is 240 g/mol. The van der Waals surface area contributed by atoms with Crippen molar-refractivity contribution in [3.05, 3.63) is 35.6 Å². The van der Waals surface area contributed by atoms with Gasteiger partial charge in [-0.2, -0.15) is 0 Å². The van der Waals surface area contributed by atoms with Crippen LogP contribution in [0.3, 0.4) is 0 Å². The Morgan fingerprint density at radius 2 is 2.18 bits per heavy atom. The van der Waals surface area contributed by atoms with Gasteiger partial charge in [0, 0.05) is 18.2 Å². The minimum absolute atomic E-state index is 0.0160. The zero-order valence-electron chi connectivity index (χ0n) is 9.69. The van der Waals surface area contributed by atoms with Crippen molar-refractivity contribution in [3.63, 3.8) is 0 Å². The van der Waals surface area contributed by atoms with Crippen LogP contribution in [0, 0.1) is 5.82 Å². The third kappa shape index (κ3) is 3.80. The van der Waals surface area contributed by atoms with Crippen LogP contribution in [0.4, 0.5) is 4.39 Å². The molecule has 0 aliphatic heterocycles. The second-order valence-electron chi connectivity index (χ2n) is 3.81. The van der Waals surface area contributed by atoms with E-state index in [1.54, 1.807) is 18.2 Å². The van der Waals surface area contributed by atoms with E-state index in [0.29, 0.717) is 12.0 Å². The Kier molecular flexibility index (Phi) is 5.06. The van der Waals surface area contributed by atoms with Gasteiger partial charge in [0.25, 0.3) is 0 Å². The van der Waals surface area contributed by atoms with E-state index in [1.807, 2.05) is 6.92 Å². The summed E-state index contributed by atoms with van der Waals surface area (Å²) in [5, 5.41) is 12.2. The summed E-state index contributed by atoms with van der Waals surface area (Å²) < 4.78 is 13.5. The number of aliphatic hydroxyl groups is 1. The van der Waals surface area contributed by atoms with E-state index < -0.39 is 12.0 Å². The van der Waals surface area contributed by atoms with E-state index in [2.05, 4.69) is 5.32 Å². The van der Waals surface area contributed by atoms with Crippen LogP contribution >= 0.6 is 0 Å². The molecule has 0 aromatic heterocycles. The molecule has 0 fully saturated rings. The highest BCUT2D eigenvalue weighted by Crippen LogP contribution is 2.19. The van der Waals surface area contributed by atoms with E-state index in [-0.39, 0.29) is 18.4 Å². The zero-order valence-corrected chi connectivity index (χ0v) is 9.69. The molecule has 0 saturated heterocycles. The molecule has 0 heterocycles. The Balaban J connectivity index is 2.67. The predicted octanol–water partition coefficient (Wildman–Crippen LogP) is 0.713. The van der Waals surface area contributed by atoms with Crippen molar-refractivity contribution in [2.45, 2.75) is 25.5 Å². The van der Waals surface area contributed by atoms with Gasteiger partial charge >= 0.3 is 0 Å². The SMILES string of the molecule is CCC(NCC(O)C(N)=O)c1ccccc1F. The minimum atomic E-state index is -1.25. The highest BCUT2D eigenvalue weighted by atomic mass is 19.1. The van der Waals surface area contributed by atoms with Gasteiger partial charge in [-0.25, -0.2) is 4.39 Å². The maximum Gasteiger partial charge on any atom is 0.247 e. The summed E-state index contributed by atoms with van der Waals surface area (Å²) in [5.74, 6) is -1.10. The molecule has 0 aliphatic carbocycles. The number of benzene rings is 1. The molecule has 1 rings (SSSR count). The van der Waals surface area contributed by atoms with Crippen molar-refractivity contribution in [2.75, 3.05) is 6.54 Å². The summed E-state index contributed by atoms with van der Waals surface area (Å²) in [5.41, 5.74) is 5.45. The van der Waals surface area contributed by atoms with Crippen LogP contribution in [0.1, 0.15) is 24.9 Å². The van der Waals surface area contributed by atoms with Crippen molar-refractivity contribution < 1.29 is 14.3 Å². The Morgan fingerprint density at radius 1 is 1.53 bits per heavy atom. The van der Waals surface area contributed by atoms with E-state index in [0.717, 1.165) is 0 Å². The number of nitrogens with one attached hydrogen (secondary N) is 1. The smallest absolute Gasteiger partial charge is 0.247 e. The molecule has 4 nitrogen and oxygen atoms in total. The molecular formula is C12H17FN2O2. The molecule has 0 bridgehead atoms. The van der Waals surface area contributed by atoms with Crippen LogP contribution in [0.2, 0.25) is 0 Å². The fraction of sp³-hybridized carbons (Fsp3) is 0.417. The normalized spacial score (nSPS) is 14.3. The molecule has 0 saturated carbocycles. The van der Waals surface area contributed by atoms with Crippen LogP contribution in [-0.2, 0) is 4.79 Å². The van der Waals surface area contributed by atoms with E-state index in [1.165, 1.54) is 6.07 Å². The largest absolute Gasteiger partial charge is 0.382 e. The fourth-order valence-corrected chi connectivity index (χ4v) is 1.59. The number of amides is 1.